The van der Waals surface area contributed by atoms with Crippen LogP contribution in [0.3, 0.4) is 0 Å². The van der Waals surface area contributed by atoms with Crippen molar-refractivity contribution in [3.63, 3.8) is 0 Å². The van der Waals surface area contributed by atoms with E-state index in [1.165, 1.54) is 0 Å². The first-order valence-electron chi connectivity index (χ1n) is 6.70. The molecule has 102 valence electrons. The molecule has 0 aromatic carbocycles. The zero-order valence-corrected chi connectivity index (χ0v) is 11.4. The standard InChI is InChI=1S/C13H19N5O/c1-16(2)13(19)18-9-5-10-11(18)4-8-17(10)12-14-6-3-7-15-12/h3,6-7,10-11H,4-5,8-9H2,1-2H3/t10-,11+/m1/s1. The maximum Gasteiger partial charge on any atom is 0.319 e. The summed E-state index contributed by atoms with van der Waals surface area (Å²) in [5.74, 6) is 0.786. The highest BCUT2D eigenvalue weighted by Gasteiger charge is 2.45. The Kier molecular flexibility index (Phi) is 3.00. The van der Waals surface area contributed by atoms with Crippen LogP contribution in [0, 0.1) is 0 Å². The number of anilines is 1. The summed E-state index contributed by atoms with van der Waals surface area (Å²) < 4.78 is 0. The molecule has 2 amide bonds. The summed E-state index contributed by atoms with van der Waals surface area (Å²) in [6.45, 7) is 1.76. The molecule has 0 N–H and O–H groups in total. The summed E-state index contributed by atoms with van der Waals surface area (Å²) in [4.78, 5) is 26.7. The lowest BCUT2D eigenvalue weighted by Gasteiger charge is -2.27. The summed E-state index contributed by atoms with van der Waals surface area (Å²) in [7, 11) is 3.62. The summed E-state index contributed by atoms with van der Waals surface area (Å²) in [6, 6.07) is 2.61. The molecule has 2 atom stereocenters. The smallest absolute Gasteiger partial charge is 0.319 e. The number of carbonyl (C=O) groups is 1. The highest BCUT2D eigenvalue weighted by molar-refractivity contribution is 5.75. The van der Waals surface area contributed by atoms with Crippen LogP contribution in [0.25, 0.3) is 0 Å². The minimum absolute atomic E-state index is 0.114. The molecular formula is C13H19N5O. The van der Waals surface area contributed by atoms with E-state index in [1.54, 1.807) is 17.3 Å². The van der Waals surface area contributed by atoms with Gasteiger partial charge in [0, 0.05) is 39.6 Å². The van der Waals surface area contributed by atoms with Crippen molar-refractivity contribution in [1.82, 2.24) is 19.8 Å². The Morgan fingerprint density at radius 2 is 1.89 bits per heavy atom. The molecule has 0 spiro atoms. The van der Waals surface area contributed by atoms with Crippen LogP contribution in [-0.4, -0.2) is 65.1 Å². The molecule has 1 aromatic rings. The van der Waals surface area contributed by atoms with Gasteiger partial charge in [0.25, 0.3) is 0 Å². The molecule has 2 saturated heterocycles. The number of aromatic nitrogens is 2. The number of fused-ring (bicyclic) bond motifs is 1. The van der Waals surface area contributed by atoms with Gasteiger partial charge in [-0.05, 0) is 18.9 Å². The Balaban J connectivity index is 1.77. The van der Waals surface area contributed by atoms with Crippen LogP contribution in [0.5, 0.6) is 0 Å². The summed E-state index contributed by atoms with van der Waals surface area (Å²) in [5.41, 5.74) is 0. The molecule has 6 nitrogen and oxygen atoms in total. The number of likely N-dealkylation sites (tertiary alicyclic amines) is 1. The first-order chi connectivity index (χ1) is 9.18. The fraction of sp³-hybridized carbons (Fsp3) is 0.615. The van der Waals surface area contributed by atoms with E-state index in [1.807, 2.05) is 25.1 Å². The average Bonchev–Trinajstić information content (AvgIpc) is 2.99. The van der Waals surface area contributed by atoms with Crippen molar-refractivity contribution < 1.29 is 4.79 Å². The maximum absolute atomic E-state index is 12.1. The second-order valence-corrected chi connectivity index (χ2v) is 5.32. The van der Waals surface area contributed by atoms with Gasteiger partial charge in [0.1, 0.15) is 0 Å². The Morgan fingerprint density at radius 3 is 2.58 bits per heavy atom. The van der Waals surface area contributed by atoms with Crippen molar-refractivity contribution in [2.24, 2.45) is 0 Å². The molecule has 0 radical (unpaired) electrons. The van der Waals surface area contributed by atoms with Crippen LogP contribution < -0.4 is 4.90 Å². The molecule has 0 aliphatic carbocycles. The number of hydrogen-bond donors (Lipinski definition) is 0. The van der Waals surface area contributed by atoms with Crippen LogP contribution in [0.1, 0.15) is 12.8 Å². The molecule has 3 heterocycles. The second kappa shape index (κ2) is 4.68. The van der Waals surface area contributed by atoms with E-state index in [-0.39, 0.29) is 6.03 Å². The van der Waals surface area contributed by atoms with Crippen LogP contribution in [0.2, 0.25) is 0 Å². The van der Waals surface area contributed by atoms with Gasteiger partial charge in [-0.25, -0.2) is 14.8 Å². The topological polar surface area (TPSA) is 52.6 Å². The van der Waals surface area contributed by atoms with Crippen molar-refractivity contribution in [2.45, 2.75) is 24.9 Å². The van der Waals surface area contributed by atoms with E-state index in [4.69, 9.17) is 0 Å². The quantitative estimate of drug-likeness (QED) is 0.751. The summed E-state index contributed by atoms with van der Waals surface area (Å²) in [6.07, 6.45) is 5.55. The van der Waals surface area contributed by atoms with Crippen molar-refractivity contribution in [2.75, 3.05) is 32.1 Å². The van der Waals surface area contributed by atoms with Crippen molar-refractivity contribution >= 4 is 12.0 Å². The van der Waals surface area contributed by atoms with Crippen molar-refractivity contribution in [3.05, 3.63) is 18.5 Å². The minimum Gasteiger partial charge on any atom is -0.336 e. The third-order valence-corrected chi connectivity index (χ3v) is 4.01. The Bertz CT molecular complexity index is 463. The molecule has 0 saturated carbocycles. The van der Waals surface area contributed by atoms with Gasteiger partial charge in [0.2, 0.25) is 5.95 Å². The Morgan fingerprint density at radius 1 is 1.21 bits per heavy atom. The van der Waals surface area contributed by atoms with Crippen LogP contribution >= 0.6 is 0 Å². The largest absolute Gasteiger partial charge is 0.336 e. The monoisotopic (exact) mass is 261 g/mol. The van der Waals surface area contributed by atoms with E-state index in [9.17, 15) is 4.79 Å². The normalized spacial score (nSPS) is 25.6. The molecule has 3 rings (SSSR count). The molecule has 1 aromatic heterocycles. The lowest BCUT2D eigenvalue weighted by Crippen LogP contribution is -2.44. The third kappa shape index (κ3) is 2.01. The third-order valence-electron chi connectivity index (χ3n) is 4.01. The minimum atomic E-state index is 0.114. The van der Waals surface area contributed by atoms with E-state index >= 15 is 0 Å². The van der Waals surface area contributed by atoms with Gasteiger partial charge < -0.3 is 14.7 Å². The molecule has 6 heteroatoms. The zero-order valence-electron chi connectivity index (χ0n) is 11.4. The number of nitrogens with zero attached hydrogens (tertiary/aromatic N) is 5. The Labute approximate surface area is 113 Å². The Hall–Kier alpha value is -1.85. The van der Waals surface area contributed by atoms with Crippen LogP contribution in [0.4, 0.5) is 10.7 Å². The predicted molar refractivity (Wildman–Crippen MR) is 72.0 cm³/mol. The lowest BCUT2D eigenvalue weighted by molar-refractivity contribution is 0.166. The molecule has 0 bridgehead atoms. The lowest BCUT2D eigenvalue weighted by atomic mass is 10.1. The maximum atomic E-state index is 12.1. The van der Waals surface area contributed by atoms with Gasteiger partial charge in [-0.3, -0.25) is 0 Å². The molecule has 19 heavy (non-hydrogen) atoms. The number of urea groups is 1. The molecule has 2 aliphatic heterocycles. The highest BCUT2D eigenvalue weighted by Crippen LogP contribution is 2.33. The van der Waals surface area contributed by atoms with Crippen molar-refractivity contribution in [1.29, 1.82) is 0 Å². The van der Waals surface area contributed by atoms with Gasteiger partial charge >= 0.3 is 6.03 Å². The molecular weight excluding hydrogens is 242 g/mol. The van der Waals surface area contributed by atoms with E-state index < -0.39 is 0 Å². The van der Waals surface area contributed by atoms with Gasteiger partial charge in [0.15, 0.2) is 0 Å². The van der Waals surface area contributed by atoms with Crippen LogP contribution in [0.15, 0.2) is 18.5 Å². The number of rotatable bonds is 1. The number of carbonyl (C=O) groups excluding carboxylic acids is 1. The fourth-order valence-electron chi connectivity index (χ4n) is 3.17. The molecule has 2 aliphatic rings. The van der Waals surface area contributed by atoms with E-state index in [2.05, 4.69) is 14.9 Å². The van der Waals surface area contributed by atoms with Crippen molar-refractivity contribution in [3.8, 4) is 0 Å². The first kappa shape index (κ1) is 12.2. The predicted octanol–water partition coefficient (Wildman–Crippen LogP) is 0.811. The number of hydrogen-bond acceptors (Lipinski definition) is 4. The molecule has 0 unspecified atom stereocenters. The van der Waals surface area contributed by atoms with Crippen LogP contribution in [-0.2, 0) is 0 Å². The summed E-state index contributed by atoms with van der Waals surface area (Å²) in [5, 5.41) is 0. The SMILES string of the molecule is CN(C)C(=O)N1CC[C@@H]2[C@@H]1CCN2c1ncccn1. The van der Waals surface area contributed by atoms with Gasteiger partial charge in [0.05, 0.1) is 12.1 Å². The van der Waals surface area contributed by atoms with E-state index in [0.717, 1.165) is 31.9 Å². The van der Waals surface area contributed by atoms with E-state index in [0.29, 0.717) is 12.1 Å². The summed E-state index contributed by atoms with van der Waals surface area (Å²) >= 11 is 0. The van der Waals surface area contributed by atoms with Gasteiger partial charge in [-0.1, -0.05) is 0 Å². The van der Waals surface area contributed by atoms with Gasteiger partial charge in [-0.15, -0.1) is 0 Å². The second-order valence-electron chi connectivity index (χ2n) is 5.32. The van der Waals surface area contributed by atoms with Gasteiger partial charge in [-0.2, -0.15) is 0 Å². The first-order valence-corrected chi connectivity index (χ1v) is 6.70. The average molecular weight is 261 g/mol. The highest BCUT2D eigenvalue weighted by atomic mass is 16.2. The zero-order chi connectivity index (χ0) is 13.4. The molecule has 2 fully saturated rings. The number of amides is 2. The fourth-order valence-corrected chi connectivity index (χ4v) is 3.17.